The first-order chi connectivity index (χ1) is 6.24. The lowest BCUT2D eigenvalue weighted by Gasteiger charge is -2.20. The molecule has 1 atom stereocenters. The summed E-state index contributed by atoms with van der Waals surface area (Å²) in [6, 6.07) is 6.96. The molecule has 1 unspecified atom stereocenters. The van der Waals surface area contributed by atoms with Gasteiger partial charge in [-0.3, -0.25) is 0 Å². The Balaban J connectivity index is 2.43. The molecule has 0 aromatic heterocycles. The van der Waals surface area contributed by atoms with Crippen LogP contribution in [0.2, 0.25) is 0 Å². The van der Waals surface area contributed by atoms with Crippen molar-refractivity contribution in [1.82, 2.24) is 0 Å². The molecule has 0 aliphatic carbocycles. The molecule has 2 nitrogen and oxygen atoms in total. The molecule has 2 heteroatoms. The van der Waals surface area contributed by atoms with Gasteiger partial charge in [-0.1, -0.05) is 12.1 Å². The van der Waals surface area contributed by atoms with Crippen molar-refractivity contribution in [3.05, 3.63) is 29.3 Å². The minimum Gasteiger partial charge on any atom is -0.370 e. The maximum absolute atomic E-state index is 5.71. The van der Waals surface area contributed by atoms with Gasteiger partial charge in [-0.2, -0.15) is 0 Å². The second kappa shape index (κ2) is 3.04. The quantitative estimate of drug-likeness (QED) is 0.699. The van der Waals surface area contributed by atoms with E-state index in [-0.39, 0.29) is 0 Å². The number of benzene rings is 1. The number of likely N-dealkylation sites (N-methyl/N-ethyl adjacent to an activating group) is 1. The van der Waals surface area contributed by atoms with Gasteiger partial charge in [0.25, 0.3) is 0 Å². The Morgan fingerprint density at radius 3 is 2.92 bits per heavy atom. The van der Waals surface area contributed by atoms with Crippen molar-refractivity contribution in [2.45, 2.75) is 19.4 Å². The predicted octanol–water partition coefficient (Wildman–Crippen LogP) is 1.31. The number of rotatable bonds is 1. The largest absolute Gasteiger partial charge is 0.370 e. The van der Waals surface area contributed by atoms with Crippen LogP contribution in [-0.2, 0) is 6.42 Å². The molecule has 1 aliphatic rings. The third kappa shape index (κ3) is 1.22. The first kappa shape index (κ1) is 8.57. The average molecular weight is 176 g/mol. The number of hydrogen-bond donors (Lipinski definition) is 1. The summed E-state index contributed by atoms with van der Waals surface area (Å²) in [7, 11) is 2.13. The molecule has 2 N–H and O–H groups in total. The first-order valence-electron chi connectivity index (χ1n) is 4.75. The molecule has 0 spiro atoms. The molecule has 1 aromatic rings. The summed E-state index contributed by atoms with van der Waals surface area (Å²) in [4.78, 5) is 2.29. The molecule has 2 rings (SSSR count). The van der Waals surface area contributed by atoms with E-state index < -0.39 is 0 Å². The summed E-state index contributed by atoms with van der Waals surface area (Å²) in [6.45, 7) is 2.91. The maximum Gasteiger partial charge on any atom is 0.0450 e. The van der Waals surface area contributed by atoms with E-state index in [0.717, 1.165) is 13.0 Å². The molecule has 0 bridgehead atoms. The van der Waals surface area contributed by atoms with Crippen molar-refractivity contribution in [2.75, 3.05) is 18.5 Å². The van der Waals surface area contributed by atoms with E-state index in [1.807, 2.05) is 0 Å². The zero-order chi connectivity index (χ0) is 9.42. The standard InChI is InChI=1S/C11H16N2/c1-8-4-3-5-11-10(8)6-9(7-12)13(11)2/h3-5,9H,6-7,12H2,1-2H3. The molecule has 1 aliphatic heterocycles. The Labute approximate surface area is 79.4 Å². The Morgan fingerprint density at radius 2 is 2.31 bits per heavy atom. The van der Waals surface area contributed by atoms with E-state index in [1.165, 1.54) is 16.8 Å². The van der Waals surface area contributed by atoms with Gasteiger partial charge in [0.15, 0.2) is 0 Å². The van der Waals surface area contributed by atoms with Crippen LogP contribution in [0.3, 0.4) is 0 Å². The van der Waals surface area contributed by atoms with Gasteiger partial charge in [0.1, 0.15) is 0 Å². The summed E-state index contributed by atoms with van der Waals surface area (Å²) in [6.07, 6.45) is 1.11. The SMILES string of the molecule is Cc1cccc2c1CC(CN)N2C. The molecule has 0 amide bonds. The zero-order valence-electron chi connectivity index (χ0n) is 8.25. The third-order valence-electron chi connectivity index (χ3n) is 3.03. The van der Waals surface area contributed by atoms with E-state index in [0.29, 0.717) is 6.04 Å². The Kier molecular flexibility index (Phi) is 2.00. The summed E-state index contributed by atoms with van der Waals surface area (Å²) >= 11 is 0. The lowest BCUT2D eigenvalue weighted by molar-refractivity contribution is 0.674. The van der Waals surface area contributed by atoms with E-state index in [9.17, 15) is 0 Å². The molecule has 0 saturated heterocycles. The highest BCUT2D eigenvalue weighted by Crippen LogP contribution is 2.32. The molecule has 0 fully saturated rings. The summed E-state index contributed by atoms with van der Waals surface area (Å²) in [5.74, 6) is 0. The number of anilines is 1. The fraction of sp³-hybridized carbons (Fsp3) is 0.455. The van der Waals surface area contributed by atoms with Crippen LogP contribution in [0.4, 0.5) is 5.69 Å². The smallest absolute Gasteiger partial charge is 0.0450 e. The topological polar surface area (TPSA) is 29.3 Å². The van der Waals surface area contributed by atoms with Gasteiger partial charge in [0, 0.05) is 25.3 Å². The van der Waals surface area contributed by atoms with E-state index >= 15 is 0 Å². The van der Waals surface area contributed by atoms with Crippen molar-refractivity contribution < 1.29 is 0 Å². The number of aryl methyl sites for hydroxylation is 1. The highest BCUT2D eigenvalue weighted by Gasteiger charge is 2.25. The van der Waals surface area contributed by atoms with Crippen LogP contribution < -0.4 is 10.6 Å². The minimum atomic E-state index is 0.496. The van der Waals surface area contributed by atoms with Crippen LogP contribution in [0.5, 0.6) is 0 Å². The molecule has 0 saturated carbocycles. The van der Waals surface area contributed by atoms with Gasteiger partial charge in [0.05, 0.1) is 0 Å². The first-order valence-corrected chi connectivity index (χ1v) is 4.75. The van der Waals surface area contributed by atoms with Gasteiger partial charge in [-0.15, -0.1) is 0 Å². The van der Waals surface area contributed by atoms with E-state index in [1.54, 1.807) is 0 Å². The molecular formula is C11H16N2. The number of nitrogens with zero attached hydrogens (tertiary/aromatic N) is 1. The molecule has 13 heavy (non-hydrogen) atoms. The van der Waals surface area contributed by atoms with Gasteiger partial charge in [-0.25, -0.2) is 0 Å². The van der Waals surface area contributed by atoms with Crippen molar-refractivity contribution in [3.63, 3.8) is 0 Å². The molecular weight excluding hydrogens is 160 g/mol. The van der Waals surface area contributed by atoms with Crippen molar-refractivity contribution in [3.8, 4) is 0 Å². The third-order valence-corrected chi connectivity index (χ3v) is 3.03. The fourth-order valence-electron chi connectivity index (χ4n) is 2.09. The molecule has 1 heterocycles. The Hall–Kier alpha value is -1.02. The lowest BCUT2D eigenvalue weighted by Crippen LogP contribution is -2.34. The summed E-state index contributed by atoms with van der Waals surface area (Å²) in [5.41, 5.74) is 9.93. The second-order valence-electron chi connectivity index (χ2n) is 3.78. The minimum absolute atomic E-state index is 0.496. The predicted molar refractivity (Wildman–Crippen MR) is 56.1 cm³/mol. The van der Waals surface area contributed by atoms with Gasteiger partial charge in [-0.05, 0) is 30.5 Å². The van der Waals surface area contributed by atoms with E-state index in [2.05, 4.69) is 37.1 Å². The normalized spacial score (nSPS) is 20.5. The number of hydrogen-bond acceptors (Lipinski definition) is 2. The molecule has 0 radical (unpaired) electrons. The zero-order valence-corrected chi connectivity index (χ0v) is 8.25. The fourth-order valence-corrected chi connectivity index (χ4v) is 2.09. The van der Waals surface area contributed by atoms with Gasteiger partial charge in [0.2, 0.25) is 0 Å². The van der Waals surface area contributed by atoms with Crippen molar-refractivity contribution >= 4 is 5.69 Å². The monoisotopic (exact) mass is 176 g/mol. The summed E-state index contributed by atoms with van der Waals surface area (Å²) < 4.78 is 0. The highest BCUT2D eigenvalue weighted by molar-refractivity contribution is 5.61. The van der Waals surface area contributed by atoms with Crippen LogP contribution in [-0.4, -0.2) is 19.6 Å². The summed E-state index contributed by atoms with van der Waals surface area (Å²) in [5, 5.41) is 0. The van der Waals surface area contributed by atoms with E-state index in [4.69, 9.17) is 5.73 Å². The molecule has 70 valence electrons. The second-order valence-corrected chi connectivity index (χ2v) is 3.78. The van der Waals surface area contributed by atoms with Crippen molar-refractivity contribution in [2.24, 2.45) is 5.73 Å². The number of nitrogens with two attached hydrogens (primary N) is 1. The Morgan fingerprint density at radius 1 is 1.54 bits per heavy atom. The maximum atomic E-state index is 5.71. The molecule has 1 aromatic carbocycles. The van der Waals surface area contributed by atoms with Crippen LogP contribution in [0.15, 0.2) is 18.2 Å². The van der Waals surface area contributed by atoms with Crippen LogP contribution in [0.25, 0.3) is 0 Å². The number of fused-ring (bicyclic) bond motifs is 1. The van der Waals surface area contributed by atoms with Crippen LogP contribution >= 0.6 is 0 Å². The van der Waals surface area contributed by atoms with Crippen LogP contribution in [0.1, 0.15) is 11.1 Å². The van der Waals surface area contributed by atoms with Crippen LogP contribution in [0, 0.1) is 6.92 Å². The van der Waals surface area contributed by atoms with Gasteiger partial charge < -0.3 is 10.6 Å². The highest BCUT2D eigenvalue weighted by atomic mass is 15.2. The average Bonchev–Trinajstić information content (AvgIpc) is 2.45. The van der Waals surface area contributed by atoms with Gasteiger partial charge >= 0.3 is 0 Å². The lowest BCUT2D eigenvalue weighted by atomic mass is 10.0. The Bertz CT molecular complexity index is 320. The van der Waals surface area contributed by atoms with Crippen molar-refractivity contribution in [1.29, 1.82) is 0 Å².